The van der Waals surface area contributed by atoms with Crippen LogP contribution in [-0.4, -0.2) is 34.7 Å². The van der Waals surface area contributed by atoms with Gasteiger partial charge in [-0.25, -0.2) is 4.79 Å². The highest BCUT2D eigenvalue weighted by Gasteiger charge is 2.23. The number of amides is 1. The van der Waals surface area contributed by atoms with Crippen LogP contribution in [0.5, 0.6) is 5.75 Å². The molecule has 0 spiro atoms. The maximum absolute atomic E-state index is 12.4. The lowest BCUT2D eigenvalue weighted by Gasteiger charge is -2.23. The smallest absolute Gasteiger partial charge is 0.334 e. The molecule has 0 radical (unpaired) electrons. The summed E-state index contributed by atoms with van der Waals surface area (Å²) in [6.45, 7) is 14.6. The molecule has 0 saturated carbocycles. The van der Waals surface area contributed by atoms with E-state index in [1.807, 2.05) is 6.07 Å². The SMILES string of the molecule is Cc1cc(OC(c2ccc(C(=O)NC[C@H](O)C(=O)O)s2)C(C)C)cc(C)c1-c1ccc(C(C)(C)C)cc1. The van der Waals surface area contributed by atoms with Gasteiger partial charge in [0.2, 0.25) is 0 Å². The molecule has 0 bridgehead atoms. The van der Waals surface area contributed by atoms with Crippen LogP contribution in [0.2, 0.25) is 0 Å². The van der Waals surface area contributed by atoms with Gasteiger partial charge in [0.1, 0.15) is 11.9 Å². The number of aliphatic hydroxyl groups excluding tert-OH is 1. The first-order valence-corrected chi connectivity index (χ1v) is 13.3. The average Bonchev–Trinajstić information content (AvgIpc) is 3.30. The highest BCUT2D eigenvalue weighted by atomic mass is 32.1. The van der Waals surface area contributed by atoms with Gasteiger partial charge in [0.15, 0.2) is 6.10 Å². The highest BCUT2D eigenvalue weighted by Crippen LogP contribution is 2.37. The zero-order chi connectivity index (χ0) is 27.5. The average molecular weight is 524 g/mol. The van der Waals surface area contributed by atoms with E-state index in [-0.39, 0.29) is 24.0 Å². The number of thiophene rings is 1. The maximum Gasteiger partial charge on any atom is 0.334 e. The van der Waals surface area contributed by atoms with Crippen LogP contribution in [-0.2, 0) is 10.2 Å². The Morgan fingerprint density at radius 2 is 1.59 bits per heavy atom. The van der Waals surface area contributed by atoms with E-state index < -0.39 is 18.0 Å². The zero-order valence-electron chi connectivity index (χ0n) is 22.6. The van der Waals surface area contributed by atoms with Crippen LogP contribution in [0.4, 0.5) is 0 Å². The summed E-state index contributed by atoms with van der Waals surface area (Å²) in [7, 11) is 0. The molecular formula is C30H37NO5S. The molecule has 0 aliphatic heterocycles. The number of carboxylic acids is 1. The van der Waals surface area contributed by atoms with Crippen molar-refractivity contribution in [2.45, 2.75) is 66.1 Å². The third kappa shape index (κ3) is 6.99. The number of nitrogens with one attached hydrogen (secondary N) is 1. The first-order valence-electron chi connectivity index (χ1n) is 12.5. The van der Waals surface area contributed by atoms with Gasteiger partial charge in [0.05, 0.1) is 11.4 Å². The number of benzene rings is 2. The largest absolute Gasteiger partial charge is 0.485 e. The summed E-state index contributed by atoms with van der Waals surface area (Å²) >= 11 is 1.30. The quantitative estimate of drug-likeness (QED) is 0.307. The fraction of sp³-hybridized carbons (Fsp3) is 0.400. The molecule has 2 aromatic carbocycles. The van der Waals surface area contributed by atoms with Gasteiger partial charge >= 0.3 is 5.97 Å². The summed E-state index contributed by atoms with van der Waals surface area (Å²) in [5.41, 5.74) is 6.04. The van der Waals surface area contributed by atoms with Crippen molar-refractivity contribution in [2.24, 2.45) is 5.92 Å². The van der Waals surface area contributed by atoms with Gasteiger partial charge in [-0.1, -0.05) is 58.9 Å². The fourth-order valence-corrected chi connectivity index (χ4v) is 5.37. The van der Waals surface area contributed by atoms with Gasteiger partial charge in [-0.2, -0.15) is 0 Å². The molecule has 1 amide bonds. The molecule has 3 N–H and O–H groups in total. The molecule has 6 nitrogen and oxygen atoms in total. The Morgan fingerprint density at radius 1 is 1.00 bits per heavy atom. The predicted octanol–water partition coefficient (Wildman–Crippen LogP) is 6.28. The van der Waals surface area contributed by atoms with Crippen LogP contribution in [0.15, 0.2) is 48.5 Å². The van der Waals surface area contributed by atoms with E-state index in [4.69, 9.17) is 9.84 Å². The molecule has 3 rings (SSSR count). The Bertz CT molecular complexity index is 1230. The van der Waals surface area contributed by atoms with Crippen molar-refractivity contribution in [3.8, 4) is 16.9 Å². The lowest BCUT2D eigenvalue weighted by Crippen LogP contribution is -2.36. The lowest BCUT2D eigenvalue weighted by atomic mass is 9.85. The van der Waals surface area contributed by atoms with Crippen molar-refractivity contribution in [2.75, 3.05) is 6.54 Å². The Morgan fingerprint density at radius 3 is 2.11 bits per heavy atom. The van der Waals surface area contributed by atoms with Gasteiger partial charge in [-0.3, -0.25) is 4.79 Å². The van der Waals surface area contributed by atoms with Gasteiger partial charge < -0.3 is 20.3 Å². The number of carbonyl (C=O) groups is 2. The second-order valence-electron chi connectivity index (χ2n) is 10.8. The summed E-state index contributed by atoms with van der Waals surface area (Å²) in [4.78, 5) is 24.5. The number of ether oxygens (including phenoxy) is 1. The third-order valence-electron chi connectivity index (χ3n) is 6.29. The molecule has 1 heterocycles. The van der Waals surface area contributed by atoms with Crippen molar-refractivity contribution in [1.29, 1.82) is 0 Å². The standard InChI is InChI=1S/C30H37NO5S/c1-17(2)27(24-12-13-25(37-24)28(33)31-16-23(32)29(34)35)36-22-14-18(3)26(19(4)15-22)20-8-10-21(11-9-20)30(5,6)7/h8-15,17,23,27,32H,16H2,1-7H3,(H,31,33)(H,34,35)/t23-,27?/m0/s1. The fourth-order valence-electron chi connectivity index (χ4n) is 4.24. The number of hydrogen-bond acceptors (Lipinski definition) is 5. The first-order chi connectivity index (χ1) is 17.3. The minimum Gasteiger partial charge on any atom is -0.485 e. The lowest BCUT2D eigenvalue weighted by molar-refractivity contribution is -0.146. The van der Waals surface area contributed by atoms with Crippen molar-refractivity contribution >= 4 is 23.2 Å². The second kappa shape index (κ2) is 11.5. The molecular weight excluding hydrogens is 486 g/mol. The van der Waals surface area contributed by atoms with Crippen LogP contribution in [0, 0.1) is 19.8 Å². The van der Waals surface area contributed by atoms with E-state index in [1.165, 1.54) is 28.0 Å². The first kappa shape index (κ1) is 28.4. The Balaban J connectivity index is 1.80. The van der Waals surface area contributed by atoms with Crippen LogP contribution < -0.4 is 10.1 Å². The molecule has 0 aliphatic rings. The molecule has 0 aliphatic carbocycles. The Hall–Kier alpha value is -3.16. The van der Waals surface area contributed by atoms with Crippen LogP contribution in [0.1, 0.15) is 72.0 Å². The number of rotatable bonds is 9. The van der Waals surface area contributed by atoms with Gasteiger partial charge in [0.25, 0.3) is 5.91 Å². The molecule has 198 valence electrons. The molecule has 3 aromatic rings. The number of hydrogen-bond donors (Lipinski definition) is 3. The summed E-state index contributed by atoms with van der Waals surface area (Å²) in [5.74, 6) is -0.882. The molecule has 37 heavy (non-hydrogen) atoms. The van der Waals surface area contributed by atoms with Crippen molar-refractivity contribution in [3.63, 3.8) is 0 Å². The van der Waals surface area contributed by atoms with E-state index >= 15 is 0 Å². The van der Waals surface area contributed by atoms with Gasteiger partial charge in [-0.05, 0) is 77.3 Å². The summed E-state index contributed by atoms with van der Waals surface area (Å²) in [6, 6.07) is 16.4. The van der Waals surface area contributed by atoms with E-state index in [0.717, 1.165) is 21.8 Å². The van der Waals surface area contributed by atoms with E-state index in [9.17, 15) is 14.7 Å². The number of aryl methyl sites for hydroxylation is 2. The number of aliphatic hydroxyl groups is 1. The van der Waals surface area contributed by atoms with Crippen LogP contribution in [0.3, 0.4) is 0 Å². The van der Waals surface area contributed by atoms with E-state index in [0.29, 0.717) is 4.88 Å². The van der Waals surface area contributed by atoms with Crippen LogP contribution >= 0.6 is 11.3 Å². The molecule has 7 heteroatoms. The van der Waals surface area contributed by atoms with Crippen molar-refractivity contribution in [3.05, 3.63) is 75.0 Å². The van der Waals surface area contributed by atoms with Crippen LogP contribution in [0.25, 0.3) is 11.1 Å². The summed E-state index contributed by atoms with van der Waals surface area (Å²) in [6.07, 6.45) is -1.90. The molecule has 1 aromatic heterocycles. The van der Waals surface area contributed by atoms with Gasteiger partial charge in [0, 0.05) is 4.88 Å². The Kier molecular flexibility index (Phi) is 8.82. The molecule has 0 fully saturated rings. The predicted molar refractivity (Wildman–Crippen MR) is 149 cm³/mol. The van der Waals surface area contributed by atoms with Gasteiger partial charge in [-0.15, -0.1) is 11.3 Å². The number of aliphatic carboxylic acids is 1. The number of carbonyl (C=O) groups excluding carboxylic acids is 1. The maximum atomic E-state index is 12.4. The minimum absolute atomic E-state index is 0.105. The highest BCUT2D eigenvalue weighted by molar-refractivity contribution is 7.14. The minimum atomic E-state index is -1.64. The van der Waals surface area contributed by atoms with E-state index in [2.05, 4.69) is 90.2 Å². The normalized spacial score (nSPS) is 13.3. The monoisotopic (exact) mass is 523 g/mol. The third-order valence-corrected chi connectivity index (χ3v) is 7.43. The van der Waals surface area contributed by atoms with E-state index in [1.54, 1.807) is 6.07 Å². The Labute approximate surface area is 223 Å². The molecule has 1 unspecified atom stereocenters. The molecule has 2 atom stereocenters. The molecule has 0 saturated heterocycles. The zero-order valence-corrected chi connectivity index (χ0v) is 23.4. The topological polar surface area (TPSA) is 95.9 Å². The second-order valence-corrected chi connectivity index (χ2v) is 11.9. The number of carboxylic acid groups (broad SMARTS) is 1. The van der Waals surface area contributed by atoms with Crippen molar-refractivity contribution in [1.82, 2.24) is 5.32 Å². The van der Waals surface area contributed by atoms with Crippen molar-refractivity contribution < 1.29 is 24.5 Å². The summed E-state index contributed by atoms with van der Waals surface area (Å²) in [5, 5.41) is 20.7. The summed E-state index contributed by atoms with van der Waals surface area (Å²) < 4.78 is 6.46.